The molecule has 1 aromatic rings. The molecule has 188 valence electrons. The van der Waals surface area contributed by atoms with Crippen LogP contribution in [-0.2, 0) is 23.8 Å². The largest absolute Gasteiger partial charge is 0.487 e. The van der Waals surface area contributed by atoms with E-state index < -0.39 is 16.4 Å². The molecule has 5 aliphatic rings. The summed E-state index contributed by atoms with van der Waals surface area (Å²) in [6, 6.07) is 1.95. The number of carbonyl (C=O) groups is 2. The molecule has 0 N–H and O–H groups in total. The fraction of sp³-hybridized carbons (Fsp3) is 0.655. The molecule has 2 saturated carbocycles. The second-order valence-corrected chi connectivity index (χ2v) is 12.7. The van der Waals surface area contributed by atoms with Crippen LogP contribution >= 0.6 is 0 Å². The lowest BCUT2D eigenvalue weighted by Crippen LogP contribution is -2.72. The molecule has 0 amide bonds. The lowest BCUT2D eigenvalue weighted by Gasteiger charge is -2.68. The Labute approximate surface area is 207 Å². The summed E-state index contributed by atoms with van der Waals surface area (Å²) in [5.74, 6) is 0.673. The molecular formula is C29H36O6. The van der Waals surface area contributed by atoms with Gasteiger partial charge in [-0.25, -0.2) is 0 Å². The quantitative estimate of drug-likeness (QED) is 0.408. The molecule has 1 spiro atoms. The topological polar surface area (TPSA) is 78.3 Å². The van der Waals surface area contributed by atoms with Crippen molar-refractivity contribution >= 4 is 11.8 Å². The summed E-state index contributed by atoms with van der Waals surface area (Å²) in [7, 11) is 0. The monoisotopic (exact) mass is 480 g/mol. The van der Waals surface area contributed by atoms with Crippen LogP contribution in [0, 0.1) is 33.5 Å². The second kappa shape index (κ2) is 6.70. The minimum atomic E-state index is -0.603. The van der Waals surface area contributed by atoms with Crippen molar-refractivity contribution in [1.29, 1.82) is 0 Å². The molecule has 2 aliphatic heterocycles. The van der Waals surface area contributed by atoms with Crippen LogP contribution in [0.3, 0.4) is 0 Å². The van der Waals surface area contributed by atoms with E-state index in [1.807, 2.05) is 19.9 Å². The summed E-state index contributed by atoms with van der Waals surface area (Å²) in [5.41, 5.74) is -1.29. The zero-order valence-corrected chi connectivity index (χ0v) is 21.6. The summed E-state index contributed by atoms with van der Waals surface area (Å²) >= 11 is 0. The van der Waals surface area contributed by atoms with Gasteiger partial charge in [-0.3, -0.25) is 9.59 Å². The van der Waals surface area contributed by atoms with E-state index in [0.717, 1.165) is 18.4 Å². The van der Waals surface area contributed by atoms with Gasteiger partial charge in [0.1, 0.15) is 29.7 Å². The standard InChI is InChI=1S/C29H36O6/c1-16-23-29(35-23)27(6,24(33-16)18-10-13-32-15-18)12-8-19-26(5)11-9-21(31)25(3,4)20(26)14-22(28(19,29)7)34-17(2)30/h9-11,13,15,19-20,22-24H,1,8,12,14H2,2-7H3/t19-,20+,22-,23-,24?,26-,27+,28+,29-/m1/s1. The number of furan rings is 1. The van der Waals surface area contributed by atoms with Gasteiger partial charge in [-0.2, -0.15) is 0 Å². The SMILES string of the molecule is C=C1OC(c2ccoc2)[C@]2(C)CC[C@@H]3[C@@]4(C)C=CC(=O)C(C)(C)[C@@H]4C[C@@H](OC(C)=O)[C@@]3(C)[C@]23O[C@H]13. The highest BCUT2D eigenvalue weighted by Crippen LogP contribution is 2.80. The van der Waals surface area contributed by atoms with Gasteiger partial charge >= 0.3 is 5.97 Å². The van der Waals surface area contributed by atoms with E-state index in [1.165, 1.54) is 6.92 Å². The molecule has 2 saturated heterocycles. The number of fused-ring (bicyclic) bond motifs is 3. The van der Waals surface area contributed by atoms with Crippen molar-refractivity contribution < 1.29 is 28.2 Å². The first-order chi connectivity index (χ1) is 16.3. The van der Waals surface area contributed by atoms with Crippen LogP contribution in [0.15, 0.2) is 47.5 Å². The number of esters is 1. The van der Waals surface area contributed by atoms with E-state index in [0.29, 0.717) is 12.2 Å². The molecule has 1 unspecified atom stereocenters. The number of epoxide rings is 1. The Bertz CT molecular complexity index is 1150. The van der Waals surface area contributed by atoms with Crippen molar-refractivity contribution in [3.05, 3.63) is 48.6 Å². The molecule has 6 heteroatoms. The summed E-state index contributed by atoms with van der Waals surface area (Å²) in [4.78, 5) is 25.5. The van der Waals surface area contributed by atoms with Crippen molar-refractivity contribution in [3.63, 3.8) is 0 Å². The number of hydrogen-bond donors (Lipinski definition) is 0. The van der Waals surface area contributed by atoms with Gasteiger partial charge in [0.2, 0.25) is 0 Å². The number of carbonyl (C=O) groups excluding carboxylic acids is 2. The highest BCUT2D eigenvalue weighted by molar-refractivity contribution is 5.95. The molecule has 0 radical (unpaired) electrons. The Morgan fingerprint density at radius 1 is 1.14 bits per heavy atom. The molecule has 3 heterocycles. The lowest BCUT2D eigenvalue weighted by atomic mass is 9.35. The summed E-state index contributed by atoms with van der Waals surface area (Å²) in [6.07, 6.45) is 8.84. The average molecular weight is 481 g/mol. The first-order valence-electron chi connectivity index (χ1n) is 12.8. The van der Waals surface area contributed by atoms with Crippen molar-refractivity contribution in [2.45, 2.75) is 84.7 Å². The highest BCUT2D eigenvalue weighted by Gasteiger charge is 2.87. The van der Waals surface area contributed by atoms with E-state index >= 15 is 0 Å². The van der Waals surface area contributed by atoms with E-state index in [-0.39, 0.29) is 52.7 Å². The Balaban J connectivity index is 1.55. The maximum absolute atomic E-state index is 13.0. The molecule has 9 atom stereocenters. The van der Waals surface area contributed by atoms with Gasteiger partial charge in [0.15, 0.2) is 5.78 Å². The molecule has 3 aliphatic carbocycles. The van der Waals surface area contributed by atoms with Crippen molar-refractivity contribution in [1.82, 2.24) is 0 Å². The van der Waals surface area contributed by atoms with Gasteiger partial charge < -0.3 is 18.6 Å². The normalized spacial score (nSPS) is 49.1. The van der Waals surface area contributed by atoms with Crippen molar-refractivity contribution in [3.8, 4) is 0 Å². The smallest absolute Gasteiger partial charge is 0.302 e. The number of allylic oxidation sites excluding steroid dienone is 2. The van der Waals surface area contributed by atoms with E-state index in [9.17, 15) is 9.59 Å². The molecule has 4 fully saturated rings. The van der Waals surface area contributed by atoms with E-state index in [4.69, 9.17) is 18.6 Å². The number of ether oxygens (including phenoxy) is 3. The number of ketones is 1. The van der Waals surface area contributed by atoms with Crippen molar-refractivity contribution in [2.24, 2.45) is 33.5 Å². The summed E-state index contributed by atoms with van der Waals surface area (Å²) < 4.78 is 24.8. The van der Waals surface area contributed by atoms with Gasteiger partial charge in [0.05, 0.1) is 12.5 Å². The van der Waals surface area contributed by atoms with Gasteiger partial charge in [-0.15, -0.1) is 0 Å². The molecule has 6 nitrogen and oxygen atoms in total. The molecule has 0 bridgehead atoms. The van der Waals surface area contributed by atoms with Gasteiger partial charge in [-0.1, -0.05) is 47.3 Å². The van der Waals surface area contributed by atoms with Crippen LogP contribution in [0.25, 0.3) is 0 Å². The third-order valence-corrected chi connectivity index (χ3v) is 11.0. The average Bonchev–Trinajstić information content (AvgIpc) is 3.35. The van der Waals surface area contributed by atoms with Crippen LogP contribution in [0.1, 0.15) is 72.5 Å². The Morgan fingerprint density at radius 2 is 1.89 bits per heavy atom. The molecular weight excluding hydrogens is 444 g/mol. The molecule has 1 aromatic heterocycles. The maximum atomic E-state index is 13.0. The molecule has 6 rings (SSSR count). The fourth-order valence-electron chi connectivity index (χ4n) is 9.31. The Kier molecular flexibility index (Phi) is 4.42. The Morgan fingerprint density at radius 3 is 2.54 bits per heavy atom. The minimum Gasteiger partial charge on any atom is -0.487 e. The second-order valence-electron chi connectivity index (χ2n) is 12.7. The molecule has 0 aromatic carbocycles. The minimum absolute atomic E-state index is 0.0561. The number of rotatable bonds is 2. The van der Waals surface area contributed by atoms with Crippen LogP contribution in [0.5, 0.6) is 0 Å². The lowest BCUT2D eigenvalue weighted by molar-refractivity contribution is -0.249. The zero-order valence-electron chi connectivity index (χ0n) is 21.6. The fourth-order valence-corrected chi connectivity index (χ4v) is 9.31. The van der Waals surface area contributed by atoms with Gasteiger partial charge in [0, 0.05) is 28.7 Å². The Hall–Kier alpha value is -2.34. The van der Waals surface area contributed by atoms with Gasteiger partial charge in [-0.05, 0) is 48.7 Å². The first-order valence-corrected chi connectivity index (χ1v) is 12.8. The van der Waals surface area contributed by atoms with Crippen LogP contribution < -0.4 is 0 Å². The number of hydrogen-bond acceptors (Lipinski definition) is 6. The third kappa shape index (κ3) is 2.49. The predicted molar refractivity (Wildman–Crippen MR) is 128 cm³/mol. The van der Waals surface area contributed by atoms with E-state index in [2.05, 4.69) is 33.4 Å². The van der Waals surface area contributed by atoms with Crippen LogP contribution in [0.4, 0.5) is 0 Å². The zero-order chi connectivity index (χ0) is 25.2. The third-order valence-electron chi connectivity index (χ3n) is 11.0. The van der Waals surface area contributed by atoms with Crippen LogP contribution in [-0.4, -0.2) is 29.6 Å². The maximum Gasteiger partial charge on any atom is 0.302 e. The highest BCUT2D eigenvalue weighted by atomic mass is 16.7. The first kappa shape index (κ1) is 23.1. The van der Waals surface area contributed by atoms with Crippen molar-refractivity contribution in [2.75, 3.05) is 0 Å². The summed E-state index contributed by atoms with van der Waals surface area (Å²) in [5, 5.41) is 0. The van der Waals surface area contributed by atoms with E-state index in [1.54, 1.807) is 18.6 Å². The predicted octanol–water partition coefficient (Wildman–Crippen LogP) is 5.55. The van der Waals surface area contributed by atoms with Gasteiger partial charge in [0.25, 0.3) is 0 Å². The summed E-state index contributed by atoms with van der Waals surface area (Å²) in [6.45, 7) is 16.6. The molecule has 35 heavy (non-hydrogen) atoms. The van der Waals surface area contributed by atoms with Crippen LogP contribution in [0.2, 0.25) is 0 Å².